The lowest BCUT2D eigenvalue weighted by molar-refractivity contribution is -0.150. The highest BCUT2D eigenvalue weighted by atomic mass is 16.5. The SMILES string of the molecule is CCc1ccccc1OCC(=O)N1CC2CCCC2C1C(=O)O. The van der Waals surface area contributed by atoms with Crippen molar-refractivity contribution in [3.63, 3.8) is 0 Å². The fourth-order valence-electron chi connectivity index (χ4n) is 4.04. The Hall–Kier alpha value is -2.04. The molecule has 0 radical (unpaired) electrons. The van der Waals surface area contributed by atoms with Crippen molar-refractivity contribution in [3.05, 3.63) is 29.8 Å². The van der Waals surface area contributed by atoms with Crippen molar-refractivity contribution >= 4 is 11.9 Å². The Labute approximate surface area is 136 Å². The van der Waals surface area contributed by atoms with Crippen LogP contribution in [0.5, 0.6) is 5.75 Å². The number of carboxylic acids is 1. The number of ether oxygens (including phenoxy) is 1. The van der Waals surface area contributed by atoms with Crippen molar-refractivity contribution < 1.29 is 19.4 Å². The molecule has 5 nitrogen and oxygen atoms in total. The summed E-state index contributed by atoms with van der Waals surface area (Å²) in [5, 5.41) is 9.51. The monoisotopic (exact) mass is 317 g/mol. The van der Waals surface area contributed by atoms with Gasteiger partial charge in [-0.1, -0.05) is 31.5 Å². The van der Waals surface area contributed by atoms with E-state index >= 15 is 0 Å². The molecule has 1 aliphatic carbocycles. The number of hydrogen-bond donors (Lipinski definition) is 1. The number of amides is 1. The van der Waals surface area contributed by atoms with Gasteiger partial charge in [0.2, 0.25) is 0 Å². The quantitative estimate of drug-likeness (QED) is 0.905. The van der Waals surface area contributed by atoms with E-state index in [1.165, 1.54) is 4.90 Å². The van der Waals surface area contributed by atoms with Crippen molar-refractivity contribution in [1.29, 1.82) is 0 Å². The van der Waals surface area contributed by atoms with Gasteiger partial charge in [-0.2, -0.15) is 0 Å². The second kappa shape index (κ2) is 6.60. The molecule has 1 aromatic rings. The number of hydrogen-bond acceptors (Lipinski definition) is 3. The third-order valence-electron chi connectivity index (χ3n) is 5.17. The van der Waals surface area contributed by atoms with Gasteiger partial charge in [0.25, 0.3) is 5.91 Å². The number of likely N-dealkylation sites (tertiary alicyclic amines) is 1. The standard InChI is InChI=1S/C18H23NO4/c1-2-12-6-3-4-9-15(12)23-11-16(20)19-10-13-7-5-8-14(13)17(19)18(21)22/h3-4,6,9,13-14,17H,2,5,7-8,10-11H2,1H3,(H,21,22). The molecule has 5 heteroatoms. The lowest BCUT2D eigenvalue weighted by Gasteiger charge is -2.24. The summed E-state index contributed by atoms with van der Waals surface area (Å²) in [4.78, 5) is 25.6. The molecule has 1 N–H and O–H groups in total. The summed E-state index contributed by atoms with van der Waals surface area (Å²) in [6.45, 7) is 2.49. The second-order valence-electron chi connectivity index (χ2n) is 6.43. The first-order chi connectivity index (χ1) is 11.1. The van der Waals surface area contributed by atoms with Crippen LogP contribution in [0.15, 0.2) is 24.3 Å². The Balaban J connectivity index is 1.67. The van der Waals surface area contributed by atoms with Crippen LogP contribution < -0.4 is 4.74 Å². The van der Waals surface area contributed by atoms with Gasteiger partial charge in [-0.25, -0.2) is 4.79 Å². The maximum absolute atomic E-state index is 12.5. The zero-order chi connectivity index (χ0) is 16.4. The highest BCUT2D eigenvalue weighted by molar-refractivity contribution is 5.85. The highest BCUT2D eigenvalue weighted by Gasteiger charge is 2.49. The molecule has 3 rings (SSSR count). The number of carboxylic acid groups (broad SMARTS) is 1. The van der Waals surface area contributed by atoms with Crippen molar-refractivity contribution in [1.82, 2.24) is 4.90 Å². The van der Waals surface area contributed by atoms with Crippen molar-refractivity contribution in [2.75, 3.05) is 13.2 Å². The third-order valence-corrected chi connectivity index (χ3v) is 5.17. The average molecular weight is 317 g/mol. The first kappa shape index (κ1) is 15.8. The molecule has 2 aliphatic rings. The van der Waals surface area contributed by atoms with E-state index in [0.717, 1.165) is 31.2 Å². The van der Waals surface area contributed by atoms with Crippen molar-refractivity contribution in [2.45, 2.75) is 38.6 Å². The molecule has 23 heavy (non-hydrogen) atoms. The van der Waals surface area contributed by atoms with Gasteiger partial charge in [-0.05, 0) is 42.7 Å². The minimum Gasteiger partial charge on any atom is -0.483 e. The number of para-hydroxylation sites is 1. The van der Waals surface area contributed by atoms with Gasteiger partial charge in [-0.15, -0.1) is 0 Å². The molecule has 3 atom stereocenters. The molecule has 2 fully saturated rings. The molecule has 1 saturated carbocycles. The Morgan fingerprint density at radius 2 is 2.09 bits per heavy atom. The summed E-state index contributed by atoms with van der Waals surface area (Å²) in [7, 11) is 0. The van der Waals surface area contributed by atoms with E-state index in [1.54, 1.807) is 0 Å². The number of aryl methyl sites for hydroxylation is 1. The van der Waals surface area contributed by atoms with Gasteiger partial charge in [0.1, 0.15) is 11.8 Å². The summed E-state index contributed by atoms with van der Waals surface area (Å²) in [6.07, 6.45) is 3.83. The Bertz CT molecular complexity index is 600. The number of fused-ring (bicyclic) bond motifs is 1. The summed E-state index contributed by atoms with van der Waals surface area (Å²) < 4.78 is 5.67. The molecule has 1 aromatic carbocycles. The summed E-state index contributed by atoms with van der Waals surface area (Å²) in [5.74, 6) is 0.0383. The lowest BCUT2D eigenvalue weighted by atomic mass is 9.94. The zero-order valence-electron chi connectivity index (χ0n) is 13.4. The van der Waals surface area contributed by atoms with Crippen LogP contribution in [0.25, 0.3) is 0 Å². The smallest absolute Gasteiger partial charge is 0.326 e. The molecule has 1 amide bonds. The number of rotatable bonds is 5. The van der Waals surface area contributed by atoms with E-state index in [2.05, 4.69) is 0 Å². The second-order valence-corrected chi connectivity index (χ2v) is 6.43. The van der Waals surface area contributed by atoms with E-state index in [9.17, 15) is 14.7 Å². The van der Waals surface area contributed by atoms with Gasteiger partial charge >= 0.3 is 5.97 Å². The topological polar surface area (TPSA) is 66.8 Å². The lowest BCUT2D eigenvalue weighted by Crippen LogP contribution is -2.45. The minimum atomic E-state index is -0.887. The van der Waals surface area contributed by atoms with E-state index in [-0.39, 0.29) is 18.4 Å². The molecule has 1 heterocycles. The van der Waals surface area contributed by atoms with Crippen LogP contribution >= 0.6 is 0 Å². The van der Waals surface area contributed by atoms with E-state index in [0.29, 0.717) is 18.2 Å². The number of benzene rings is 1. The Morgan fingerprint density at radius 1 is 1.30 bits per heavy atom. The Morgan fingerprint density at radius 3 is 2.83 bits per heavy atom. The molecular weight excluding hydrogens is 294 g/mol. The summed E-state index contributed by atoms with van der Waals surface area (Å²) in [5.41, 5.74) is 1.05. The van der Waals surface area contributed by atoms with Crippen LogP contribution in [0.2, 0.25) is 0 Å². The predicted molar refractivity (Wildman–Crippen MR) is 85.3 cm³/mol. The van der Waals surface area contributed by atoms with Gasteiger partial charge in [-0.3, -0.25) is 4.79 Å². The van der Waals surface area contributed by atoms with E-state index < -0.39 is 12.0 Å². The van der Waals surface area contributed by atoms with E-state index in [4.69, 9.17) is 4.74 Å². The molecule has 3 unspecified atom stereocenters. The van der Waals surface area contributed by atoms with Crippen molar-refractivity contribution in [2.24, 2.45) is 11.8 Å². The first-order valence-electron chi connectivity index (χ1n) is 8.34. The Kier molecular flexibility index (Phi) is 4.55. The molecule has 1 saturated heterocycles. The van der Waals surface area contributed by atoms with Gasteiger partial charge in [0.15, 0.2) is 6.61 Å². The highest BCUT2D eigenvalue weighted by Crippen LogP contribution is 2.42. The zero-order valence-corrected chi connectivity index (χ0v) is 13.4. The van der Waals surface area contributed by atoms with Gasteiger partial charge < -0.3 is 14.7 Å². The van der Waals surface area contributed by atoms with Crippen LogP contribution in [0, 0.1) is 11.8 Å². The first-order valence-corrected chi connectivity index (χ1v) is 8.34. The predicted octanol–water partition coefficient (Wildman–Crippen LogP) is 2.34. The normalized spacial score (nSPS) is 26.1. The van der Waals surface area contributed by atoms with Crippen LogP contribution in [-0.4, -0.2) is 41.1 Å². The molecular formula is C18H23NO4. The fourth-order valence-corrected chi connectivity index (χ4v) is 4.04. The average Bonchev–Trinajstić information content (AvgIpc) is 3.13. The minimum absolute atomic E-state index is 0.0970. The van der Waals surface area contributed by atoms with Crippen LogP contribution in [0.3, 0.4) is 0 Å². The molecule has 0 spiro atoms. The number of nitrogens with zero attached hydrogens (tertiary/aromatic N) is 1. The molecule has 1 aliphatic heterocycles. The maximum Gasteiger partial charge on any atom is 0.326 e. The number of aliphatic carboxylic acids is 1. The number of carbonyl (C=O) groups is 2. The fraction of sp³-hybridized carbons (Fsp3) is 0.556. The van der Waals surface area contributed by atoms with Crippen molar-refractivity contribution in [3.8, 4) is 5.75 Å². The largest absolute Gasteiger partial charge is 0.483 e. The van der Waals surface area contributed by atoms with Gasteiger partial charge in [0, 0.05) is 6.54 Å². The number of carbonyl (C=O) groups excluding carboxylic acids is 1. The van der Waals surface area contributed by atoms with Gasteiger partial charge in [0.05, 0.1) is 0 Å². The van der Waals surface area contributed by atoms with E-state index in [1.807, 2.05) is 31.2 Å². The molecule has 124 valence electrons. The van der Waals surface area contributed by atoms with Crippen LogP contribution in [-0.2, 0) is 16.0 Å². The summed E-state index contributed by atoms with van der Waals surface area (Å²) in [6, 6.07) is 6.95. The maximum atomic E-state index is 12.5. The summed E-state index contributed by atoms with van der Waals surface area (Å²) >= 11 is 0. The van der Waals surface area contributed by atoms with Crippen LogP contribution in [0.4, 0.5) is 0 Å². The molecule has 0 aromatic heterocycles. The molecule has 0 bridgehead atoms. The third kappa shape index (κ3) is 3.05. The van der Waals surface area contributed by atoms with Crippen LogP contribution in [0.1, 0.15) is 31.7 Å².